The van der Waals surface area contributed by atoms with Gasteiger partial charge in [-0.1, -0.05) is 12.1 Å². The van der Waals surface area contributed by atoms with Crippen LogP contribution in [0.3, 0.4) is 0 Å². The number of benzene rings is 1. The Morgan fingerprint density at radius 2 is 1.86 bits per heavy atom. The average molecular weight is 311 g/mol. The third kappa shape index (κ3) is 2.92. The van der Waals surface area contributed by atoms with E-state index in [2.05, 4.69) is 6.07 Å². The first-order valence-electron chi connectivity index (χ1n) is 6.85. The number of hydrogen-bond donors (Lipinski definition) is 1. The molecule has 0 saturated heterocycles. The van der Waals surface area contributed by atoms with E-state index in [1.54, 1.807) is 11.9 Å². The van der Waals surface area contributed by atoms with Gasteiger partial charge in [-0.2, -0.15) is 0 Å². The lowest BCUT2D eigenvalue weighted by molar-refractivity contribution is 0.0717. The molecule has 2 aromatic rings. The van der Waals surface area contributed by atoms with Crippen LogP contribution < -0.4 is 5.73 Å². The van der Waals surface area contributed by atoms with Gasteiger partial charge in [0.2, 0.25) is 0 Å². The van der Waals surface area contributed by atoms with E-state index in [-0.39, 0.29) is 24.4 Å². The van der Waals surface area contributed by atoms with Crippen molar-refractivity contribution in [1.29, 1.82) is 0 Å². The van der Waals surface area contributed by atoms with Crippen molar-refractivity contribution in [1.82, 2.24) is 4.90 Å². The number of likely N-dealkylation sites (N-methyl/N-ethyl adjacent to an activating group) is 1. The molecule has 1 atom stereocenters. The van der Waals surface area contributed by atoms with Gasteiger partial charge in [0.1, 0.15) is 5.58 Å². The molecule has 0 aliphatic heterocycles. The van der Waals surface area contributed by atoms with Crippen LogP contribution in [0.15, 0.2) is 16.5 Å². The van der Waals surface area contributed by atoms with E-state index in [4.69, 9.17) is 10.2 Å². The van der Waals surface area contributed by atoms with Gasteiger partial charge < -0.3 is 15.1 Å². The summed E-state index contributed by atoms with van der Waals surface area (Å²) in [6, 6.07) is 4.05. The van der Waals surface area contributed by atoms with Crippen LogP contribution in [0.2, 0.25) is 0 Å². The van der Waals surface area contributed by atoms with E-state index >= 15 is 0 Å². The summed E-state index contributed by atoms with van der Waals surface area (Å²) in [6.45, 7) is 8.31. The van der Waals surface area contributed by atoms with E-state index in [0.717, 1.165) is 27.7 Å². The van der Waals surface area contributed by atoms with Gasteiger partial charge >= 0.3 is 0 Å². The number of nitrogens with two attached hydrogens (primary N) is 1. The van der Waals surface area contributed by atoms with Crippen LogP contribution in [0, 0.1) is 20.8 Å². The van der Waals surface area contributed by atoms with Gasteiger partial charge in [0.05, 0.1) is 0 Å². The highest BCUT2D eigenvalue weighted by molar-refractivity contribution is 6.00. The smallest absolute Gasteiger partial charge is 0.289 e. The molecule has 1 amide bonds. The van der Waals surface area contributed by atoms with E-state index in [1.807, 2.05) is 33.8 Å². The summed E-state index contributed by atoms with van der Waals surface area (Å²) in [4.78, 5) is 14.2. The van der Waals surface area contributed by atoms with Crippen LogP contribution in [0.4, 0.5) is 0 Å². The highest BCUT2D eigenvalue weighted by Crippen LogP contribution is 2.31. The Kier molecular flexibility index (Phi) is 5.42. The van der Waals surface area contributed by atoms with Crippen LogP contribution in [0.5, 0.6) is 0 Å². The van der Waals surface area contributed by atoms with Crippen molar-refractivity contribution in [3.05, 3.63) is 34.6 Å². The molecule has 0 bridgehead atoms. The van der Waals surface area contributed by atoms with Gasteiger partial charge in [-0.15, -0.1) is 12.4 Å². The topological polar surface area (TPSA) is 59.5 Å². The average Bonchev–Trinajstić information content (AvgIpc) is 2.79. The standard InChI is InChI=1S/C16H22N2O2.ClH/c1-9-6-7-10(2)14-13(9)12(4)15(20-14)16(19)18(5)11(3)8-17;/h6-7,11H,8,17H2,1-5H3;1H. The van der Waals surface area contributed by atoms with Crippen LogP contribution in [0.25, 0.3) is 11.0 Å². The van der Waals surface area contributed by atoms with E-state index in [1.165, 1.54) is 0 Å². The summed E-state index contributed by atoms with van der Waals surface area (Å²) in [5, 5.41) is 1.04. The summed E-state index contributed by atoms with van der Waals surface area (Å²) >= 11 is 0. The SMILES string of the molecule is Cc1ccc(C)c2c(C)c(C(=O)N(C)C(C)CN)oc12.Cl. The lowest BCUT2D eigenvalue weighted by Gasteiger charge is -2.22. The molecule has 0 aliphatic rings. The first-order chi connectivity index (χ1) is 9.38. The van der Waals surface area contributed by atoms with Gasteiger partial charge in [-0.3, -0.25) is 4.79 Å². The largest absolute Gasteiger partial charge is 0.450 e. The van der Waals surface area contributed by atoms with Crippen LogP contribution in [-0.4, -0.2) is 30.4 Å². The van der Waals surface area contributed by atoms with Gasteiger partial charge in [-0.25, -0.2) is 0 Å². The molecule has 0 aliphatic carbocycles. The maximum Gasteiger partial charge on any atom is 0.289 e. The Morgan fingerprint density at radius 1 is 1.29 bits per heavy atom. The van der Waals surface area contributed by atoms with Crippen molar-refractivity contribution < 1.29 is 9.21 Å². The van der Waals surface area contributed by atoms with Crippen molar-refractivity contribution in [3.8, 4) is 0 Å². The molecule has 1 aromatic carbocycles. The minimum Gasteiger partial charge on any atom is -0.450 e. The van der Waals surface area contributed by atoms with Crippen molar-refractivity contribution in [2.45, 2.75) is 33.7 Å². The highest BCUT2D eigenvalue weighted by atomic mass is 35.5. The van der Waals surface area contributed by atoms with Gasteiger partial charge in [0.25, 0.3) is 5.91 Å². The summed E-state index contributed by atoms with van der Waals surface area (Å²) in [7, 11) is 1.76. The molecule has 0 radical (unpaired) electrons. The Labute approximate surface area is 131 Å². The van der Waals surface area contributed by atoms with Crippen LogP contribution in [-0.2, 0) is 0 Å². The Morgan fingerprint density at radius 3 is 2.38 bits per heavy atom. The fraction of sp³-hybridized carbons (Fsp3) is 0.438. The third-order valence-corrected chi connectivity index (χ3v) is 4.00. The third-order valence-electron chi connectivity index (χ3n) is 4.00. The highest BCUT2D eigenvalue weighted by Gasteiger charge is 2.24. The van der Waals surface area contributed by atoms with E-state index in [9.17, 15) is 4.79 Å². The number of rotatable bonds is 3. The summed E-state index contributed by atoms with van der Waals surface area (Å²) in [6.07, 6.45) is 0. The number of carbonyl (C=O) groups is 1. The number of hydrogen-bond acceptors (Lipinski definition) is 3. The maximum atomic E-state index is 12.5. The lowest BCUT2D eigenvalue weighted by Crippen LogP contribution is -2.39. The summed E-state index contributed by atoms with van der Waals surface area (Å²) in [5.74, 6) is 0.302. The van der Waals surface area contributed by atoms with Crippen molar-refractivity contribution in [3.63, 3.8) is 0 Å². The first-order valence-corrected chi connectivity index (χ1v) is 6.85. The lowest BCUT2D eigenvalue weighted by atomic mass is 10.0. The van der Waals surface area contributed by atoms with Crippen molar-refractivity contribution >= 4 is 29.3 Å². The van der Waals surface area contributed by atoms with Crippen molar-refractivity contribution in [2.24, 2.45) is 5.73 Å². The molecule has 21 heavy (non-hydrogen) atoms. The quantitative estimate of drug-likeness (QED) is 0.947. The minimum atomic E-state index is -0.115. The molecule has 4 nitrogen and oxygen atoms in total. The van der Waals surface area contributed by atoms with Gasteiger partial charge in [0.15, 0.2) is 5.76 Å². The molecule has 1 heterocycles. The molecule has 0 saturated carbocycles. The fourth-order valence-electron chi connectivity index (χ4n) is 2.40. The molecule has 1 aromatic heterocycles. The van der Waals surface area contributed by atoms with Crippen molar-refractivity contribution in [2.75, 3.05) is 13.6 Å². The second-order valence-corrected chi connectivity index (χ2v) is 5.46. The Bertz CT molecular complexity index is 664. The molecule has 0 fully saturated rings. The number of halogens is 1. The molecular weight excluding hydrogens is 288 g/mol. The molecule has 2 N–H and O–H groups in total. The van der Waals surface area contributed by atoms with Gasteiger partial charge in [0, 0.05) is 30.6 Å². The first kappa shape index (κ1) is 17.5. The number of fused-ring (bicyclic) bond motifs is 1. The zero-order valence-electron chi connectivity index (χ0n) is 13.2. The number of carbonyl (C=O) groups excluding carboxylic acids is 1. The second kappa shape index (κ2) is 6.50. The monoisotopic (exact) mass is 310 g/mol. The molecule has 116 valence electrons. The number of amides is 1. The Hall–Kier alpha value is -1.52. The molecule has 5 heteroatoms. The Balaban J connectivity index is 0.00000220. The predicted octanol–water partition coefficient (Wildman–Crippen LogP) is 3.20. The zero-order valence-corrected chi connectivity index (χ0v) is 14.0. The molecule has 2 rings (SSSR count). The summed E-state index contributed by atoms with van der Waals surface area (Å²) < 4.78 is 5.86. The molecule has 1 unspecified atom stereocenters. The van der Waals surface area contributed by atoms with Crippen LogP contribution >= 0.6 is 12.4 Å². The predicted molar refractivity (Wildman–Crippen MR) is 88.3 cm³/mol. The van der Waals surface area contributed by atoms with Gasteiger partial charge in [-0.05, 0) is 38.8 Å². The molecular formula is C16H23ClN2O2. The molecule has 0 spiro atoms. The normalized spacial score (nSPS) is 12.1. The number of aryl methyl sites for hydroxylation is 3. The number of nitrogens with zero attached hydrogens (tertiary/aromatic N) is 1. The zero-order chi connectivity index (χ0) is 15.0. The second-order valence-electron chi connectivity index (χ2n) is 5.46. The van der Waals surface area contributed by atoms with Crippen LogP contribution in [0.1, 0.15) is 34.2 Å². The van der Waals surface area contributed by atoms with E-state index < -0.39 is 0 Å². The van der Waals surface area contributed by atoms with E-state index in [0.29, 0.717) is 12.3 Å². The number of furan rings is 1. The maximum absolute atomic E-state index is 12.5. The fourth-order valence-corrected chi connectivity index (χ4v) is 2.40. The minimum absolute atomic E-state index is 0. The summed E-state index contributed by atoms with van der Waals surface area (Å²) in [5.41, 5.74) is 9.50.